The van der Waals surface area contributed by atoms with E-state index in [9.17, 15) is 0 Å². The number of nitrogens with two attached hydrogens (primary N) is 1. The first-order valence-electron chi connectivity index (χ1n) is 7.72. The summed E-state index contributed by atoms with van der Waals surface area (Å²) in [5, 5.41) is 4.16. The summed E-state index contributed by atoms with van der Waals surface area (Å²) in [6.07, 6.45) is 7.43. The third-order valence-electron chi connectivity index (χ3n) is 4.90. The van der Waals surface area contributed by atoms with Crippen LogP contribution in [0.2, 0.25) is 0 Å². The molecule has 6 heteroatoms. The van der Waals surface area contributed by atoms with Crippen LogP contribution >= 0.6 is 0 Å². The Hall–Kier alpha value is -0.980. The molecule has 0 bridgehead atoms. The second-order valence-electron chi connectivity index (χ2n) is 5.71. The standard InChI is InChI=1S/C14H28N6/c1-4-20(5-2)14(8-6-7-9-14)12(18-15)10-13-16-11-17-19(13)3/h11-12,18H,4-10,15H2,1-3H3. The second-order valence-corrected chi connectivity index (χ2v) is 5.71. The maximum absolute atomic E-state index is 5.92. The quantitative estimate of drug-likeness (QED) is 0.572. The second kappa shape index (κ2) is 6.65. The van der Waals surface area contributed by atoms with Crippen molar-refractivity contribution in [3.05, 3.63) is 12.2 Å². The number of aryl methyl sites for hydroxylation is 1. The normalized spacial score (nSPS) is 19.6. The molecule has 1 heterocycles. The van der Waals surface area contributed by atoms with Crippen LogP contribution in [0, 0.1) is 0 Å². The maximum Gasteiger partial charge on any atom is 0.138 e. The van der Waals surface area contributed by atoms with Gasteiger partial charge in [0.1, 0.15) is 12.2 Å². The molecule has 0 saturated heterocycles. The molecule has 3 N–H and O–H groups in total. The van der Waals surface area contributed by atoms with Crippen molar-refractivity contribution in [2.75, 3.05) is 13.1 Å². The number of nitrogens with one attached hydrogen (secondary N) is 1. The van der Waals surface area contributed by atoms with Gasteiger partial charge < -0.3 is 0 Å². The van der Waals surface area contributed by atoms with Crippen LogP contribution in [0.1, 0.15) is 45.4 Å². The van der Waals surface area contributed by atoms with Crippen molar-refractivity contribution in [3.8, 4) is 0 Å². The predicted octanol–water partition coefficient (Wildman–Crippen LogP) is 0.844. The molecule has 1 saturated carbocycles. The Labute approximate surface area is 121 Å². The number of hydrogen-bond donors (Lipinski definition) is 2. The van der Waals surface area contributed by atoms with Crippen LogP contribution < -0.4 is 11.3 Å². The van der Waals surface area contributed by atoms with Crippen LogP contribution in [0.5, 0.6) is 0 Å². The van der Waals surface area contributed by atoms with Gasteiger partial charge in [0.2, 0.25) is 0 Å². The highest BCUT2D eigenvalue weighted by atomic mass is 15.3. The Morgan fingerprint density at radius 2 is 2.05 bits per heavy atom. The van der Waals surface area contributed by atoms with Crippen molar-refractivity contribution in [1.29, 1.82) is 0 Å². The van der Waals surface area contributed by atoms with E-state index in [1.165, 1.54) is 25.7 Å². The van der Waals surface area contributed by atoms with Crippen LogP contribution in [-0.2, 0) is 13.5 Å². The zero-order chi connectivity index (χ0) is 14.6. The zero-order valence-corrected chi connectivity index (χ0v) is 13.0. The van der Waals surface area contributed by atoms with Crippen molar-refractivity contribution in [1.82, 2.24) is 25.1 Å². The summed E-state index contributed by atoms with van der Waals surface area (Å²) in [4.78, 5) is 6.93. The van der Waals surface area contributed by atoms with Gasteiger partial charge in [0.25, 0.3) is 0 Å². The summed E-state index contributed by atoms with van der Waals surface area (Å²) in [7, 11) is 1.94. The molecule has 6 nitrogen and oxygen atoms in total. The fourth-order valence-electron chi connectivity index (χ4n) is 3.82. The maximum atomic E-state index is 5.92. The summed E-state index contributed by atoms with van der Waals surface area (Å²) in [6.45, 7) is 6.60. The molecular formula is C14H28N6. The summed E-state index contributed by atoms with van der Waals surface area (Å²) < 4.78 is 1.84. The number of aromatic nitrogens is 3. The van der Waals surface area contributed by atoms with E-state index in [0.29, 0.717) is 0 Å². The fourth-order valence-corrected chi connectivity index (χ4v) is 3.82. The van der Waals surface area contributed by atoms with Crippen molar-refractivity contribution in [2.24, 2.45) is 12.9 Å². The minimum atomic E-state index is 0.157. The van der Waals surface area contributed by atoms with E-state index in [1.807, 2.05) is 11.7 Å². The van der Waals surface area contributed by atoms with E-state index in [0.717, 1.165) is 25.3 Å². The van der Waals surface area contributed by atoms with Gasteiger partial charge in [-0.2, -0.15) is 5.10 Å². The number of hydrazine groups is 1. The topological polar surface area (TPSA) is 72.0 Å². The number of rotatable bonds is 7. The smallest absolute Gasteiger partial charge is 0.138 e. The molecule has 0 aromatic carbocycles. The van der Waals surface area contributed by atoms with Gasteiger partial charge in [-0.05, 0) is 25.9 Å². The Kier molecular flexibility index (Phi) is 5.12. The Morgan fingerprint density at radius 1 is 1.40 bits per heavy atom. The molecule has 114 valence electrons. The predicted molar refractivity (Wildman–Crippen MR) is 79.9 cm³/mol. The molecule has 1 unspecified atom stereocenters. The molecule has 1 aromatic heterocycles. The van der Waals surface area contributed by atoms with E-state index in [1.54, 1.807) is 6.33 Å². The lowest BCUT2D eigenvalue weighted by Crippen LogP contribution is -2.62. The highest BCUT2D eigenvalue weighted by molar-refractivity contribution is 5.06. The molecule has 1 atom stereocenters. The number of likely N-dealkylation sites (N-methyl/N-ethyl adjacent to an activating group) is 1. The molecule has 1 fully saturated rings. The highest BCUT2D eigenvalue weighted by Crippen LogP contribution is 2.38. The zero-order valence-electron chi connectivity index (χ0n) is 13.0. The van der Waals surface area contributed by atoms with Gasteiger partial charge in [-0.3, -0.25) is 20.9 Å². The molecule has 0 amide bonds. The van der Waals surface area contributed by atoms with Crippen LogP contribution in [-0.4, -0.2) is 44.3 Å². The van der Waals surface area contributed by atoms with Gasteiger partial charge in [0.05, 0.1) is 0 Å². The molecule has 2 rings (SSSR count). The van der Waals surface area contributed by atoms with Gasteiger partial charge in [-0.15, -0.1) is 0 Å². The molecule has 0 spiro atoms. The van der Waals surface area contributed by atoms with Crippen molar-refractivity contribution in [3.63, 3.8) is 0 Å². The Bertz CT molecular complexity index is 406. The molecular weight excluding hydrogens is 252 g/mol. The van der Waals surface area contributed by atoms with Crippen LogP contribution in [0.4, 0.5) is 0 Å². The van der Waals surface area contributed by atoms with Gasteiger partial charge in [0, 0.05) is 25.0 Å². The minimum Gasteiger partial charge on any atom is -0.297 e. The Morgan fingerprint density at radius 3 is 2.50 bits per heavy atom. The monoisotopic (exact) mass is 280 g/mol. The number of hydrogen-bond acceptors (Lipinski definition) is 5. The fraction of sp³-hybridized carbons (Fsp3) is 0.857. The van der Waals surface area contributed by atoms with E-state index in [4.69, 9.17) is 5.84 Å². The van der Waals surface area contributed by atoms with Crippen LogP contribution in [0.3, 0.4) is 0 Å². The van der Waals surface area contributed by atoms with Crippen molar-refractivity contribution in [2.45, 2.75) is 57.5 Å². The first-order chi connectivity index (χ1) is 9.67. The lowest BCUT2D eigenvalue weighted by atomic mass is 9.84. The lowest BCUT2D eigenvalue weighted by molar-refractivity contribution is 0.0619. The lowest BCUT2D eigenvalue weighted by Gasteiger charge is -2.46. The summed E-state index contributed by atoms with van der Waals surface area (Å²) in [5.74, 6) is 6.91. The summed E-state index contributed by atoms with van der Waals surface area (Å²) in [5.41, 5.74) is 3.23. The van der Waals surface area contributed by atoms with Crippen molar-refractivity contribution < 1.29 is 0 Å². The molecule has 1 aliphatic carbocycles. The Balaban J connectivity index is 2.23. The van der Waals surface area contributed by atoms with E-state index >= 15 is 0 Å². The largest absolute Gasteiger partial charge is 0.297 e. The van der Waals surface area contributed by atoms with Crippen LogP contribution in [0.15, 0.2) is 6.33 Å². The SMILES string of the molecule is CCN(CC)C1(C(Cc2ncnn2C)NN)CCCC1. The van der Waals surface area contributed by atoms with E-state index < -0.39 is 0 Å². The average molecular weight is 280 g/mol. The van der Waals surface area contributed by atoms with E-state index in [-0.39, 0.29) is 11.6 Å². The minimum absolute atomic E-state index is 0.157. The molecule has 1 aromatic rings. The van der Waals surface area contributed by atoms with Crippen LogP contribution in [0.25, 0.3) is 0 Å². The van der Waals surface area contributed by atoms with Gasteiger partial charge >= 0.3 is 0 Å². The highest BCUT2D eigenvalue weighted by Gasteiger charge is 2.44. The third kappa shape index (κ3) is 2.73. The summed E-state index contributed by atoms with van der Waals surface area (Å²) in [6, 6.07) is 0.216. The van der Waals surface area contributed by atoms with Gasteiger partial charge in [-0.25, -0.2) is 4.98 Å². The molecule has 0 aliphatic heterocycles. The molecule has 0 radical (unpaired) electrons. The third-order valence-corrected chi connectivity index (χ3v) is 4.90. The average Bonchev–Trinajstić information content (AvgIpc) is 3.08. The van der Waals surface area contributed by atoms with Gasteiger partial charge in [-0.1, -0.05) is 26.7 Å². The summed E-state index contributed by atoms with van der Waals surface area (Å²) >= 11 is 0. The van der Waals surface area contributed by atoms with E-state index in [2.05, 4.69) is 34.3 Å². The molecule has 20 heavy (non-hydrogen) atoms. The molecule has 1 aliphatic rings. The first kappa shape index (κ1) is 15.4. The van der Waals surface area contributed by atoms with Crippen molar-refractivity contribution >= 4 is 0 Å². The number of nitrogens with zero attached hydrogens (tertiary/aromatic N) is 4. The van der Waals surface area contributed by atoms with Gasteiger partial charge in [0.15, 0.2) is 0 Å². The first-order valence-corrected chi connectivity index (χ1v) is 7.72.